The van der Waals surface area contributed by atoms with Gasteiger partial charge in [-0.1, -0.05) is 12.8 Å². The molecule has 1 aliphatic heterocycles. The number of hydrogen-bond acceptors (Lipinski definition) is 4. The highest BCUT2D eigenvalue weighted by Crippen LogP contribution is 2.15. The maximum Gasteiger partial charge on any atom is 0.237 e. The van der Waals surface area contributed by atoms with Crippen molar-refractivity contribution in [2.24, 2.45) is 0 Å². The zero-order valence-corrected chi connectivity index (χ0v) is 12.8. The topological polar surface area (TPSA) is 54.5 Å². The van der Waals surface area contributed by atoms with E-state index in [1.165, 1.54) is 12.8 Å². The lowest BCUT2D eigenvalue weighted by molar-refractivity contribution is -0.126. The van der Waals surface area contributed by atoms with Crippen LogP contribution in [0.5, 0.6) is 5.75 Å². The molecule has 1 aromatic heterocycles. The number of nitrogens with zero attached hydrogens (tertiary/aromatic N) is 2. The van der Waals surface area contributed by atoms with Crippen molar-refractivity contribution < 1.29 is 9.53 Å². The van der Waals surface area contributed by atoms with Gasteiger partial charge in [-0.2, -0.15) is 0 Å². The summed E-state index contributed by atoms with van der Waals surface area (Å²) in [6.45, 7) is 2.26. The number of likely N-dealkylation sites (N-methyl/N-ethyl adjacent to an activating group) is 1. The number of pyridine rings is 1. The van der Waals surface area contributed by atoms with E-state index in [0.717, 1.165) is 31.6 Å². The number of nitrogens with one attached hydrogen (secondary N) is 1. The number of carbonyl (C=O) groups is 1. The predicted octanol–water partition coefficient (Wildman–Crippen LogP) is 1.84. The second-order valence-electron chi connectivity index (χ2n) is 5.53. The smallest absolute Gasteiger partial charge is 0.237 e. The average molecular weight is 291 g/mol. The zero-order valence-electron chi connectivity index (χ0n) is 12.8. The largest absolute Gasteiger partial charge is 0.492 e. The Labute approximate surface area is 126 Å². The molecular weight excluding hydrogens is 266 g/mol. The van der Waals surface area contributed by atoms with E-state index in [9.17, 15) is 4.79 Å². The fourth-order valence-electron chi connectivity index (χ4n) is 2.61. The van der Waals surface area contributed by atoms with Crippen LogP contribution in [0.25, 0.3) is 0 Å². The summed E-state index contributed by atoms with van der Waals surface area (Å²) in [5.41, 5.74) is 0. The summed E-state index contributed by atoms with van der Waals surface area (Å²) >= 11 is 0. The first-order chi connectivity index (χ1) is 10.3. The monoisotopic (exact) mass is 291 g/mol. The van der Waals surface area contributed by atoms with Gasteiger partial charge in [0.1, 0.15) is 5.75 Å². The van der Waals surface area contributed by atoms with Crippen LogP contribution in [0.3, 0.4) is 0 Å². The van der Waals surface area contributed by atoms with Gasteiger partial charge >= 0.3 is 0 Å². The summed E-state index contributed by atoms with van der Waals surface area (Å²) in [4.78, 5) is 18.4. The Morgan fingerprint density at radius 1 is 1.48 bits per heavy atom. The number of rotatable bonds is 6. The minimum absolute atomic E-state index is 0.0340. The Hall–Kier alpha value is -1.62. The summed E-state index contributed by atoms with van der Waals surface area (Å²) < 4.78 is 5.55. The lowest BCUT2D eigenvalue weighted by Gasteiger charge is -2.24. The highest BCUT2D eigenvalue weighted by Gasteiger charge is 2.23. The van der Waals surface area contributed by atoms with E-state index in [-0.39, 0.29) is 11.9 Å². The van der Waals surface area contributed by atoms with Crippen LogP contribution in [0, 0.1) is 0 Å². The molecule has 2 heterocycles. The molecular formula is C16H25N3O2. The SMILES string of the molecule is CN1CCCCC[C@H]1C(=O)NCCCOc1cccnc1. The maximum atomic E-state index is 12.2. The van der Waals surface area contributed by atoms with Crippen molar-refractivity contribution in [2.45, 2.75) is 38.1 Å². The quantitative estimate of drug-likeness (QED) is 0.813. The first kappa shape index (κ1) is 15.8. The maximum absolute atomic E-state index is 12.2. The van der Waals surface area contributed by atoms with Crippen LogP contribution in [0.2, 0.25) is 0 Å². The number of carbonyl (C=O) groups excluding carboxylic acids is 1. The molecule has 1 fully saturated rings. The standard InChI is InChI=1S/C16H25N3O2/c1-19-11-4-2-3-8-15(19)16(20)18-10-6-12-21-14-7-5-9-17-13-14/h5,7,9,13,15H,2-4,6,8,10-12H2,1H3,(H,18,20)/t15-/m0/s1. The summed E-state index contributed by atoms with van der Waals surface area (Å²) in [5.74, 6) is 0.924. The van der Waals surface area contributed by atoms with Crippen molar-refractivity contribution in [3.05, 3.63) is 24.5 Å². The van der Waals surface area contributed by atoms with Gasteiger partial charge in [0.2, 0.25) is 5.91 Å². The highest BCUT2D eigenvalue weighted by molar-refractivity contribution is 5.81. The third-order valence-corrected chi connectivity index (χ3v) is 3.85. The molecule has 0 bridgehead atoms. The molecule has 1 saturated heterocycles. The van der Waals surface area contributed by atoms with Gasteiger partial charge < -0.3 is 10.1 Å². The third kappa shape index (κ3) is 5.34. The number of ether oxygens (including phenoxy) is 1. The van der Waals surface area contributed by atoms with Crippen molar-refractivity contribution in [1.29, 1.82) is 0 Å². The molecule has 1 N–H and O–H groups in total. The third-order valence-electron chi connectivity index (χ3n) is 3.85. The molecule has 0 aromatic carbocycles. The van der Waals surface area contributed by atoms with Crippen LogP contribution in [0.15, 0.2) is 24.5 Å². The van der Waals surface area contributed by atoms with Crippen molar-refractivity contribution in [3.63, 3.8) is 0 Å². The Kier molecular flexibility index (Phi) is 6.47. The molecule has 116 valence electrons. The van der Waals surface area contributed by atoms with Crippen LogP contribution in [-0.2, 0) is 4.79 Å². The number of amides is 1. The summed E-state index contributed by atoms with van der Waals surface area (Å²) in [7, 11) is 2.04. The van der Waals surface area contributed by atoms with Gasteiger partial charge in [-0.15, -0.1) is 0 Å². The molecule has 5 nitrogen and oxygen atoms in total. The molecule has 1 aliphatic rings. The van der Waals surface area contributed by atoms with E-state index < -0.39 is 0 Å². The molecule has 0 radical (unpaired) electrons. The van der Waals surface area contributed by atoms with Gasteiger partial charge in [-0.25, -0.2) is 0 Å². The molecule has 0 saturated carbocycles. The lowest BCUT2D eigenvalue weighted by Crippen LogP contribution is -2.45. The highest BCUT2D eigenvalue weighted by atomic mass is 16.5. The van der Waals surface area contributed by atoms with E-state index in [2.05, 4.69) is 15.2 Å². The van der Waals surface area contributed by atoms with Gasteiger partial charge in [0.25, 0.3) is 0 Å². The van der Waals surface area contributed by atoms with Gasteiger partial charge in [0.15, 0.2) is 0 Å². The Bertz CT molecular complexity index is 425. The van der Waals surface area contributed by atoms with Crippen LogP contribution in [-0.4, -0.2) is 48.6 Å². The molecule has 0 spiro atoms. The average Bonchev–Trinajstić information content (AvgIpc) is 2.72. The second kappa shape index (κ2) is 8.62. The van der Waals surface area contributed by atoms with Gasteiger partial charge in [0, 0.05) is 12.7 Å². The summed E-state index contributed by atoms with van der Waals surface area (Å²) in [6, 6.07) is 3.76. The molecule has 21 heavy (non-hydrogen) atoms. The van der Waals surface area contributed by atoms with E-state index in [1.54, 1.807) is 12.4 Å². The summed E-state index contributed by atoms with van der Waals surface area (Å²) in [5, 5.41) is 3.02. The van der Waals surface area contributed by atoms with Gasteiger partial charge in [-0.05, 0) is 45.0 Å². The van der Waals surface area contributed by atoms with Crippen molar-refractivity contribution in [2.75, 3.05) is 26.7 Å². The van der Waals surface area contributed by atoms with Gasteiger partial charge in [-0.3, -0.25) is 14.7 Å². The van der Waals surface area contributed by atoms with Crippen LogP contribution < -0.4 is 10.1 Å². The first-order valence-corrected chi connectivity index (χ1v) is 7.78. The molecule has 1 amide bonds. The van der Waals surface area contributed by atoms with Crippen molar-refractivity contribution in [1.82, 2.24) is 15.2 Å². The Morgan fingerprint density at radius 3 is 3.19 bits per heavy atom. The van der Waals surface area contributed by atoms with Crippen molar-refractivity contribution >= 4 is 5.91 Å². The Morgan fingerprint density at radius 2 is 2.38 bits per heavy atom. The van der Waals surface area contributed by atoms with E-state index in [1.807, 2.05) is 19.2 Å². The minimum Gasteiger partial charge on any atom is -0.492 e. The Balaban J connectivity index is 1.62. The fraction of sp³-hybridized carbons (Fsp3) is 0.625. The predicted molar refractivity (Wildman–Crippen MR) is 82.2 cm³/mol. The second-order valence-corrected chi connectivity index (χ2v) is 5.53. The van der Waals surface area contributed by atoms with Crippen molar-refractivity contribution in [3.8, 4) is 5.75 Å². The van der Waals surface area contributed by atoms with E-state index in [4.69, 9.17) is 4.74 Å². The molecule has 5 heteroatoms. The molecule has 1 aromatic rings. The minimum atomic E-state index is 0.0340. The molecule has 2 rings (SSSR count). The number of likely N-dealkylation sites (tertiary alicyclic amines) is 1. The van der Waals surface area contributed by atoms with E-state index in [0.29, 0.717) is 13.2 Å². The zero-order chi connectivity index (χ0) is 14.9. The summed E-state index contributed by atoms with van der Waals surface area (Å²) in [6.07, 6.45) is 8.75. The van der Waals surface area contributed by atoms with Crippen LogP contribution in [0.1, 0.15) is 32.1 Å². The lowest BCUT2D eigenvalue weighted by atomic mass is 10.1. The van der Waals surface area contributed by atoms with E-state index >= 15 is 0 Å². The molecule has 0 unspecified atom stereocenters. The number of hydrogen-bond donors (Lipinski definition) is 1. The molecule has 0 aliphatic carbocycles. The van der Waals surface area contributed by atoms with Gasteiger partial charge in [0.05, 0.1) is 18.8 Å². The van der Waals surface area contributed by atoms with Crippen LogP contribution >= 0.6 is 0 Å². The van der Waals surface area contributed by atoms with Crippen LogP contribution in [0.4, 0.5) is 0 Å². The fourth-order valence-corrected chi connectivity index (χ4v) is 2.61. The molecule has 1 atom stereocenters. The number of aromatic nitrogens is 1. The first-order valence-electron chi connectivity index (χ1n) is 7.78. The normalized spacial score (nSPS) is 19.8.